The summed E-state index contributed by atoms with van der Waals surface area (Å²) in [4.78, 5) is 24.4. The van der Waals surface area contributed by atoms with Crippen LogP contribution in [0.4, 0.5) is 10.1 Å². The third-order valence-electron chi connectivity index (χ3n) is 3.50. The van der Waals surface area contributed by atoms with Gasteiger partial charge in [0.05, 0.1) is 25.4 Å². The molecule has 1 atom stereocenters. The molecule has 0 aromatic heterocycles. The van der Waals surface area contributed by atoms with Gasteiger partial charge in [-0.1, -0.05) is 0 Å². The van der Waals surface area contributed by atoms with Crippen LogP contribution in [0.25, 0.3) is 0 Å². The maximum Gasteiger partial charge on any atom is 0.257 e. The number of hydrogen-bond acceptors (Lipinski definition) is 5. The van der Waals surface area contributed by atoms with E-state index in [4.69, 9.17) is 9.47 Å². The SMILES string of the molecule is CC(C=O)OCCNc1ccc(F)c(C(=O)N2CCOCC2)c1. The van der Waals surface area contributed by atoms with Crippen molar-refractivity contribution in [1.82, 2.24) is 4.90 Å². The van der Waals surface area contributed by atoms with Gasteiger partial charge in [-0.25, -0.2) is 4.39 Å². The van der Waals surface area contributed by atoms with E-state index in [1.165, 1.54) is 12.1 Å². The Kier molecular flexibility index (Phi) is 6.49. The Bertz CT molecular complexity index is 547. The zero-order chi connectivity index (χ0) is 16.7. The van der Waals surface area contributed by atoms with E-state index in [2.05, 4.69) is 5.32 Å². The van der Waals surface area contributed by atoms with Gasteiger partial charge >= 0.3 is 0 Å². The second kappa shape index (κ2) is 8.59. The van der Waals surface area contributed by atoms with Crippen molar-refractivity contribution in [3.63, 3.8) is 0 Å². The van der Waals surface area contributed by atoms with E-state index in [9.17, 15) is 14.0 Å². The number of carbonyl (C=O) groups excluding carboxylic acids is 2. The summed E-state index contributed by atoms with van der Waals surface area (Å²) in [5.74, 6) is -0.877. The lowest BCUT2D eigenvalue weighted by atomic mass is 10.1. The second-order valence-electron chi connectivity index (χ2n) is 5.24. The molecular weight excluding hydrogens is 303 g/mol. The molecule has 0 aliphatic carbocycles. The molecule has 1 aromatic carbocycles. The van der Waals surface area contributed by atoms with Gasteiger partial charge in [0.1, 0.15) is 18.2 Å². The quantitative estimate of drug-likeness (QED) is 0.605. The lowest BCUT2D eigenvalue weighted by Crippen LogP contribution is -2.41. The molecular formula is C16H21FN2O4. The molecule has 23 heavy (non-hydrogen) atoms. The lowest BCUT2D eigenvalue weighted by molar-refractivity contribution is -0.116. The minimum absolute atomic E-state index is 0.0408. The first-order chi connectivity index (χ1) is 11.1. The molecule has 1 aromatic rings. The Morgan fingerprint density at radius 1 is 1.48 bits per heavy atom. The monoisotopic (exact) mass is 324 g/mol. The van der Waals surface area contributed by atoms with E-state index in [1.807, 2.05) is 0 Å². The summed E-state index contributed by atoms with van der Waals surface area (Å²) < 4.78 is 24.4. The van der Waals surface area contributed by atoms with Crippen molar-refractivity contribution in [2.45, 2.75) is 13.0 Å². The molecule has 0 radical (unpaired) electrons. The predicted octanol–water partition coefficient (Wildman–Crippen LogP) is 1.31. The molecule has 7 heteroatoms. The predicted molar refractivity (Wildman–Crippen MR) is 83.1 cm³/mol. The molecule has 126 valence electrons. The standard InChI is InChI=1S/C16H21FN2O4/c1-12(11-20)23-7-4-18-13-2-3-15(17)14(10-13)16(21)19-5-8-22-9-6-19/h2-3,10-12,18H,4-9H2,1H3. The smallest absolute Gasteiger partial charge is 0.257 e. The molecule has 2 rings (SSSR count). The minimum Gasteiger partial charge on any atom is -0.383 e. The number of nitrogens with one attached hydrogen (secondary N) is 1. The van der Waals surface area contributed by atoms with Crippen LogP contribution in [0.2, 0.25) is 0 Å². The fourth-order valence-corrected chi connectivity index (χ4v) is 2.22. The van der Waals surface area contributed by atoms with Crippen molar-refractivity contribution in [2.24, 2.45) is 0 Å². The average Bonchev–Trinajstić information content (AvgIpc) is 2.60. The first-order valence-electron chi connectivity index (χ1n) is 7.59. The molecule has 1 unspecified atom stereocenters. The Labute approximate surface area is 134 Å². The van der Waals surface area contributed by atoms with E-state index in [1.54, 1.807) is 17.9 Å². The van der Waals surface area contributed by atoms with Gasteiger partial charge in [0.25, 0.3) is 5.91 Å². The van der Waals surface area contributed by atoms with Crippen LogP contribution in [0.15, 0.2) is 18.2 Å². The molecule has 1 N–H and O–H groups in total. The summed E-state index contributed by atoms with van der Waals surface area (Å²) in [6, 6.07) is 4.33. The fraction of sp³-hybridized carbons (Fsp3) is 0.500. The molecule has 1 heterocycles. The van der Waals surface area contributed by atoms with Crippen LogP contribution in [0.1, 0.15) is 17.3 Å². The number of morpholine rings is 1. The summed E-state index contributed by atoms with van der Waals surface area (Å²) in [6.07, 6.45) is 0.264. The van der Waals surface area contributed by atoms with Gasteiger partial charge in [-0.15, -0.1) is 0 Å². The van der Waals surface area contributed by atoms with Crippen molar-refractivity contribution >= 4 is 17.9 Å². The van der Waals surface area contributed by atoms with Crippen LogP contribution < -0.4 is 5.32 Å². The number of benzene rings is 1. The van der Waals surface area contributed by atoms with Crippen molar-refractivity contribution in [2.75, 3.05) is 44.8 Å². The number of hydrogen-bond donors (Lipinski definition) is 1. The Morgan fingerprint density at radius 2 is 2.22 bits per heavy atom. The number of anilines is 1. The largest absolute Gasteiger partial charge is 0.383 e. The van der Waals surface area contributed by atoms with E-state index in [0.29, 0.717) is 45.1 Å². The van der Waals surface area contributed by atoms with E-state index < -0.39 is 11.9 Å². The van der Waals surface area contributed by atoms with Gasteiger partial charge in [0.2, 0.25) is 0 Å². The number of nitrogens with zero attached hydrogens (tertiary/aromatic N) is 1. The molecule has 1 amide bonds. The summed E-state index contributed by atoms with van der Waals surface area (Å²) in [7, 11) is 0. The summed E-state index contributed by atoms with van der Waals surface area (Å²) in [5, 5.41) is 3.05. The van der Waals surface area contributed by atoms with Crippen LogP contribution in [0.5, 0.6) is 0 Å². The topological polar surface area (TPSA) is 67.9 Å². The molecule has 0 spiro atoms. The third kappa shape index (κ3) is 5.01. The highest BCUT2D eigenvalue weighted by molar-refractivity contribution is 5.95. The highest BCUT2D eigenvalue weighted by Gasteiger charge is 2.21. The van der Waals surface area contributed by atoms with Crippen LogP contribution in [-0.2, 0) is 14.3 Å². The maximum atomic E-state index is 13.9. The number of rotatable bonds is 7. The van der Waals surface area contributed by atoms with E-state index >= 15 is 0 Å². The number of halogens is 1. The highest BCUT2D eigenvalue weighted by atomic mass is 19.1. The van der Waals surface area contributed by atoms with Gasteiger partial charge in [-0.3, -0.25) is 4.79 Å². The van der Waals surface area contributed by atoms with Crippen molar-refractivity contribution in [3.05, 3.63) is 29.6 Å². The van der Waals surface area contributed by atoms with Crippen molar-refractivity contribution < 1.29 is 23.5 Å². The number of ether oxygens (including phenoxy) is 2. The van der Waals surface area contributed by atoms with E-state index in [0.717, 1.165) is 6.29 Å². The molecule has 0 bridgehead atoms. The van der Waals surface area contributed by atoms with Crippen LogP contribution in [0, 0.1) is 5.82 Å². The molecule has 6 nitrogen and oxygen atoms in total. The van der Waals surface area contributed by atoms with Gasteiger partial charge in [-0.05, 0) is 25.1 Å². The molecule has 1 fully saturated rings. The average molecular weight is 324 g/mol. The third-order valence-corrected chi connectivity index (χ3v) is 3.50. The fourth-order valence-electron chi connectivity index (χ4n) is 2.22. The van der Waals surface area contributed by atoms with Gasteiger partial charge in [-0.2, -0.15) is 0 Å². The van der Waals surface area contributed by atoms with Crippen LogP contribution >= 0.6 is 0 Å². The summed E-state index contributed by atoms with van der Waals surface area (Å²) >= 11 is 0. The molecule has 1 aliphatic rings. The number of aldehydes is 1. The zero-order valence-electron chi connectivity index (χ0n) is 13.1. The maximum absolute atomic E-state index is 13.9. The Morgan fingerprint density at radius 3 is 2.91 bits per heavy atom. The lowest BCUT2D eigenvalue weighted by Gasteiger charge is -2.27. The molecule has 0 saturated carbocycles. The van der Waals surface area contributed by atoms with Gasteiger partial charge in [0, 0.05) is 25.3 Å². The Hall–Kier alpha value is -1.99. The highest BCUT2D eigenvalue weighted by Crippen LogP contribution is 2.17. The number of carbonyl (C=O) groups is 2. The van der Waals surface area contributed by atoms with Crippen molar-refractivity contribution in [1.29, 1.82) is 0 Å². The Balaban J connectivity index is 1.95. The van der Waals surface area contributed by atoms with Crippen LogP contribution in [-0.4, -0.2) is 62.7 Å². The van der Waals surface area contributed by atoms with Gasteiger partial charge < -0.3 is 24.5 Å². The summed E-state index contributed by atoms with van der Waals surface area (Å²) in [6.45, 7) is 4.32. The van der Waals surface area contributed by atoms with Gasteiger partial charge in [0.15, 0.2) is 0 Å². The molecule has 1 aliphatic heterocycles. The van der Waals surface area contributed by atoms with Crippen LogP contribution in [0.3, 0.4) is 0 Å². The summed E-state index contributed by atoms with van der Waals surface area (Å²) in [5.41, 5.74) is 0.671. The van der Waals surface area contributed by atoms with E-state index in [-0.39, 0.29) is 11.5 Å². The van der Waals surface area contributed by atoms with Crippen molar-refractivity contribution in [3.8, 4) is 0 Å². The zero-order valence-corrected chi connectivity index (χ0v) is 13.1. The minimum atomic E-state index is -0.544. The first-order valence-corrected chi connectivity index (χ1v) is 7.59. The normalized spacial score (nSPS) is 16.0. The second-order valence-corrected chi connectivity index (χ2v) is 5.24. The number of amides is 1. The molecule has 1 saturated heterocycles. The first kappa shape index (κ1) is 17.4.